The van der Waals surface area contributed by atoms with Crippen molar-refractivity contribution >= 4 is 17.6 Å². The largest absolute Gasteiger partial charge is 0.459 e. The van der Waals surface area contributed by atoms with E-state index in [1.54, 1.807) is 29.2 Å². The van der Waals surface area contributed by atoms with Crippen molar-refractivity contribution in [2.45, 2.75) is 19.8 Å². The monoisotopic (exact) mass is 312 g/mol. The molecular formula is C18H20N2O3. The van der Waals surface area contributed by atoms with Crippen molar-refractivity contribution in [2.75, 3.05) is 18.0 Å². The molecule has 1 aromatic carbocycles. The van der Waals surface area contributed by atoms with E-state index in [2.05, 4.69) is 6.92 Å². The summed E-state index contributed by atoms with van der Waals surface area (Å²) in [5.74, 6) is 0.167. The van der Waals surface area contributed by atoms with Crippen molar-refractivity contribution in [3.05, 3.63) is 54.5 Å². The van der Waals surface area contributed by atoms with Gasteiger partial charge in [0.05, 0.1) is 12.0 Å². The molecule has 0 bridgehead atoms. The number of amides is 3. The first-order chi connectivity index (χ1) is 11.2. The Balaban J connectivity index is 1.92. The molecule has 1 saturated heterocycles. The van der Waals surface area contributed by atoms with Gasteiger partial charge in [-0.05, 0) is 43.0 Å². The lowest BCUT2D eigenvalue weighted by Crippen LogP contribution is -2.49. The van der Waals surface area contributed by atoms with Crippen LogP contribution in [0.4, 0.5) is 10.5 Å². The Morgan fingerprint density at radius 1 is 1.17 bits per heavy atom. The number of urea groups is 1. The summed E-state index contributed by atoms with van der Waals surface area (Å²) in [7, 11) is 0. The zero-order valence-corrected chi connectivity index (χ0v) is 13.1. The fraction of sp³-hybridized carbons (Fsp3) is 0.333. The number of likely N-dealkylation sites (tertiary alicyclic amines) is 1. The summed E-state index contributed by atoms with van der Waals surface area (Å²) in [6.07, 6.45) is 3.51. The number of carbonyl (C=O) groups is 2. The second-order valence-corrected chi connectivity index (χ2v) is 5.93. The molecule has 2 aromatic rings. The molecule has 1 aliphatic rings. The molecule has 3 rings (SSSR count). The first-order valence-electron chi connectivity index (χ1n) is 7.88. The van der Waals surface area contributed by atoms with Gasteiger partial charge < -0.3 is 9.32 Å². The number of anilines is 1. The Bertz CT molecular complexity index is 667. The van der Waals surface area contributed by atoms with Crippen LogP contribution < -0.4 is 4.90 Å². The summed E-state index contributed by atoms with van der Waals surface area (Å²) in [4.78, 5) is 28.7. The average Bonchev–Trinajstić information content (AvgIpc) is 3.10. The molecule has 1 unspecified atom stereocenters. The van der Waals surface area contributed by atoms with Gasteiger partial charge in [0.15, 0.2) is 5.76 Å². The molecule has 0 aliphatic carbocycles. The van der Waals surface area contributed by atoms with Gasteiger partial charge in [-0.25, -0.2) is 9.69 Å². The first kappa shape index (κ1) is 15.3. The highest BCUT2D eigenvalue weighted by Crippen LogP contribution is 2.22. The third kappa shape index (κ3) is 3.28. The molecule has 2 heterocycles. The van der Waals surface area contributed by atoms with E-state index < -0.39 is 5.91 Å². The van der Waals surface area contributed by atoms with E-state index in [0.717, 1.165) is 12.8 Å². The molecule has 1 atom stereocenters. The number of imide groups is 1. The maximum absolute atomic E-state index is 13.0. The lowest BCUT2D eigenvalue weighted by atomic mass is 10.0. The van der Waals surface area contributed by atoms with E-state index >= 15 is 0 Å². The predicted octanol–water partition coefficient (Wildman–Crippen LogP) is 3.78. The summed E-state index contributed by atoms with van der Waals surface area (Å²) in [6.45, 7) is 3.48. The minimum Gasteiger partial charge on any atom is -0.459 e. The van der Waals surface area contributed by atoms with Crippen molar-refractivity contribution in [2.24, 2.45) is 5.92 Å². The standard InChI is InChI=1S/C18H20N2O3/c1-14-7-5-11-19(13-14)18(22)20(15-8-3-2-4-9-15)17(21)16-10-6-12-23-16/h2-4,6,8-10,12,14H,5,7,11,13H2,1H3. The maximum Gasteiger partial charge on any atom is 0.331 e. The Kier molecular flexibility index (Phi) is 4.46. The number of carbonyl (C=O) groups excluding carboxylic acids is 2. The van der Waals surface area contributed by atoms with Crippen LogP contribution >= 0.6 is 0 Å². The van der Waals surface area contributed by atoms with Crippen LogP contribution in [0, 0.1) is 5.92 Å². The normalized spacial score (nSPS) is 17.8. The molecule has 5 nitrogen and oxygen atoms in total. The zero-order chi connectivity index (χ0) is 16.2. The fourth-order valence-corrected chi connectivity index (χ4v) is 2.91. The SMILES string of the molecule is CC1CCCN(C(=O)N(C(=O)c2ccco2)c2ccccc2)C1. The van der Waals surface area contributed by atoms with Crippen LogP contribution in [-0.4, -0.2) is 29.9 Å². The smallest absolute Gasteiger partial charge is 0.331 e. The molecule has 0 spiro atoms. The minimum absolute atomic E-state index is 0.160. The average molecular weight is 312 g/mol. The Morgan fingerprint density at radius 3 is 2.61 bits per heavy atom. The maximum atomic E-state index is 13.0. The van der Waals surface area contributed by atoms with Gasteiger partial charge in [-0.2, -0.15) is 0 Å². The quantitative estimate of drug-likeness (QED) is 0.848. The van der Waals surface area contributed by atoms with Gasteiger partial charge in [0, 0.05) is 13.1 Å². The summed E-state index contributed by atoms with van der Waals surface area (Å²) in [6, 6.07) is 11.9. The molecule has 0 saturated carbocycles. The van der Waals surface area contributed by atoms with E-state index in [1.165, 1.54) is 11.2 Å². The fourth-order valence-electron chi connectivity index (χ4n) is 2.91. The molecule has 3 amide bonds. The van der Waals surface area contributed by atoms with Crippen molar-refractivity contribution in [1.29, 1.82) is 0 Å². The van der Waals surface area contributed by atoms with Gasteiger partial charge in [0.25, 0.3) is 0 Å². The molecule has 0 N–H and O–H groups in total. The summed E-state index contributed by atoms with van der Waals surface area (Å²) < 4.78 is 5.19. The Hall–Kier alpha value is -2.56. The van der Waals surface area contributed by atoms with Crippen molar-refractivity contribution in [3.63, 3.8) is 0 Å². The molecule has 1 aliphatic heterocycles. The van der Waals surface area contributed by atoms with Crippen molar-refractivity contribution < 1.29 is 14.0 Å². The number of para-hydroxylation sites is 1. The van der Waals surface area contributed by atoms with Gasteiger partial charge in [-0.15, -0.1) is 0 Å². The number of nitrogens with zero attached hydrogens (tertiary/aromatic N) is 2. The number of rotatable bonds is 2. The highest BCUT2D eigenvalue weighted by atomic mass is 16.3. The highest BCUT2D eigenvalue weighted by molar-refractivity contribution is 6.19. The lowest BCUT2D eigenvalue weighted by molar-refractivity contribution is 0.0954. The van der Waals surface area contributed by atoms with Gasteiger partial charge in [0.2, 0.25) is 0 Å². The second kappa shape index (κ2) is 6.69. The van der Waals surface area contributed by atoms with Crippen LogP contribution in [-0.2, 0) is 0 Å². The van der Waals surface area contributed by atoms with Gasteiger partial charge in [0.1, 0.15) is 0 Å². The first-order valence-corrected chi connectivity index (χ1v) is 7.88. The van der Waals surface area contributed by atoms with E-state index in [-0.39, 0.29) is 11.8 Å². The summed E-state index contributed by atoms with van der Waals surface area (Å²) in [5, 5.41) is 0. The number of hydrogen-bond acceptors (Lipinski definition) is 3. The Morgan fingerprint density at radius 2 is 1.96 bits per heavy atom. The summed E-state index contributed by atoms with van der Waals surface area (Å²) in [5.41, 5.74) is 0.553. The van der Waals surface area contributed by atoms with Crippen LogP contribution in [0.25, 0.3) is 0 Å². The zero-order valence-electron chi connectivity index (χ0n) is 13.1. The van der Waals surface area contributed by atoms with Crippen LogP contribution in [0.2, 0.25) is 0 Å². The van der Waals surface area contributed by atoms with Crippen LogP contribution in [0.5, 0.6) is 0 Å². The predicted molar refractivity (Wildman–Crippen MR) is 87.3 cm³/mol. The number of hydrogen-bond donors (Lipinski definition) is 0. The number of furan rings is 1. The molecule has 120 valence electrons. The Labute approximate surface area is 135 Å². The van der Waals surface area contributed by atoms with Crippen molar-refractivity contribution in [3.8, 4) is 0 Å². The highest BCUT2D eigenvalue weighted by Gasteiger charge is 2.32. The molecule has 1 aromatic heterocycles. The van der Waals surface area contributed by atoms with Crippen LogP contribution in [0.1, 0.15) is 30.3 Å². The number of piperidine rings is 1. The van der Waals surface area contributed by atoms with E-state index in [0.29, 0.717) is 24.7 Å². The number of benzene rings is 1. The van der Waals surface area contributed by atoms with Crippen LogP contribution in [0.3, 0.4) is 0 Å². The molecule has 0 radical (unpaired) electrons. The topological polar surface area (TPSA) is 53.8 Å². The van der Waals surface area contributed by atoms with E-state index in [4.69, 9.17) is 4.42 Å². The minimum atomic E-state index is -0.440. The molecule has 1 fully saturated rings. The third-order valence-corrected chi connectivity index (χ3v) is 4.07. The van der Waals surface area contributed by atoms with Gasteiger partial charge in [-0.3, -0.25) is 4.79 Å². The lowest BCUT2D eigenvalue weighted by Gasteiger charge is -2.34. The third-order valence-electron chi connectivity index (χ3n) is 4.07. The summed E-state index contributed by atoms with van der Waals surface area (Å²) >= 11 is 0. The van der Waals surface area contributed by atoms with Crippen molar-refractivity contribution in [1.82, 2.24) is 4.90 Å². The molecule has 5 heteroatoms. The molecular weight excluding hydrogens is 292 g/mol. The molecule has 23 heavy (non-hydrogen) atoms. The van der Waals surface area contributed by atoms with Gasteiger partial charge >= 0.3 is 11.9 Å². The second-order valence-electron chi connectivity index (χ2n) is 5.93. The van der Waals surface area contributed by atoms with Gasteiger partial charge in [-0.1, -0.05) is 25.1 Å². The van der Waals surface area contributed by atoms with E-state index in [1.807, 2.05) is 18.2 Å². The van der Waals surface area contributed by atoms with E-state index in [9.17, 15) is 9.59 Å². The van der Waals surface area contributed by atoms with Crippen LogP contribution in [0.15, 0.2) is 53.1 Å².